The molecule has 0 amide bonds. The Morgan fingerprint density at radius 1 is 1.19 bits per heavy atom. The molecule has 10 heteroatoms. The fourth-order valence-corrected chi connectivity index (χ4v) is 5.46. The van der Waals surface area contributed by atoms with Gasteiger partial charge in [0.15, 0.2) is 9.84 Å². The van der Waals surface area contributed by atoms with Gasteiger partial charge in [-0.1, -0.05) is 49.7 Å². The highest BCUT2D eigenvalue weighted by Crippen LogP contribution is 2.34. The van der Waals surface area contributed by atoms with E-state index in [1.165, 1.54) is 10.7 Å². The van der Waals surface area contributed by atoms with Crippen molar-refractivity contribution in [2.24, 2.45) is 5.73 Å². The predicted molar refractivity (Wildman–Crippen MR) is 123 cm³/mol. The maximum absolute atomic E-state index is 15.1. The molecule has 32 heavy (non-hydrogen) atoms. The van der Waals surface area contributed by atoms with Crippen molar-refractivity contribution in [3.8, 4) is 5.69 Å². The molecular formula is C22H25ClFN5O2S. The lowest BCUT2D eigenvalue weighted by Gasteiger charge is -2.26. The average molecular weight is 478 g/mol. The van der Waals surface area contributed by atoms with Crippen LogP contribution in [0.2, 0.25) is 5.02 Å². The highest BCUT2D eigenvalue weighted by Gasteiger charge is 2.32. The monoisotopic (exact) mass is 477 g/mol. The summed E-state index contributed by atoms with van der Waals surface area (Å²) in [7, 11) is -3.77. The van der Waals surface area contributed by atoms with Gasteiger partial charge in [-0.05, 0) is 29.8 Å². The van der Waals surface area contributed by atoms with Crippen molar-refractivity contribution in [3.63, 3.8) is 0 Å². The van der Waals surface area contributed by atoms with Crippen molar-refractivity contribution in [3.05, 3.63) is 64.7 Å². The maximum Gasteiger partial charge on any atom is 0.182 e. The summed E-state index contributed by atoms with van der Waals surface area (Å²) in [4.78, 5) is 1.79. The summed E-state index contributed by atoms with van der Waals surface area (Å²) in [6.45, 7) is 6.64. The zero-order chi connectivity index (χ0) is 23.3. The molecule has 1 atom stereocenters. The van der Waals surface area contributed by atoms with Gasteiger partial charge in [0.1, 0.15) is 11.5 Å². The Bertz CT molecular complexity index is 1250. The number of hydrogen-bond donors (Lipinski definition) is 1. The Kier molecular flexibility index (Phi) is 5.77. The molecule has 0 spiro atoms. The van der Waals surface area contributed by atoms with Crippen LogP contribution >= 0.6 is 11.6 Å². The molecule has 1 aliphatic rings. The van der Waals surface area contributed by atoms with E-state index in [2.05, 4.69) is 10.3 Å². The standard InChI is InChI=1S/C22H25ClFN5O2S/c1-22(2,3)21-12-29(27-26-21)18-9-19-20(8-17(18)24)32(30,31)13-16(25)11-28(19)10-14-4-6-15(23)7-5-14/h4-9,12,16H,10-11,13,25H2,1-3H3/t16-/m1/s1. The summed E-state index contributed by atoms with van der Waals surface area (Å²) in [5, 5.41) is 8.83. The molecule has 3 aromatic rings. The van der Waals surface area contributed by atoms with Crippen LogP contribution in [0.1, 0.15) is 32.0 Å². The van der Waals surface area contributed by atoms with Gasteiger partial charge in [-0.2, -0.15) is 0 Å². The molecule has 4 rings (SSSR count). The minimum atomic E-state index is -3.77. The Labute approximate surface area is 191 Å². The van der Waals surface area contributed by atoms with Crippen molar-refractivity contribution in [1.29, 1.82) is 0 Å². The molecule has 0 saturated heterocycles. The summed E-state index contributed by atoms with van der Waals surface area (Å²) >= 11 is 5.99. The lowest BCUT2D eigenvalue weighted by atomic mass is 9.93. The van der Waals surface area contributed by atoms with Crippen LogP contribution in [0.15, 0.2) is 47.5 Å². The van der Waals surface area contributed by atoms with Crippen LogP contribution in [0.25, 0.3) is 5.69 Å². The van der Waals surface area contributed by atoms with E-state index in [1.807, 2.05) is 37.8 Å². The van der Waals surface area contributed by atoms with Gasteiger partial charge in [-0.15, -0.1) is 5.10 Å². The predicted octanol–water partition coefficient (Wildman–Crippen LogP) is 3.48. The Morgan fingerprint density at radius 2 is 1.88 bits per heavy atom. The zero-order valence-corrected chi connectivity index (χ0v) is 19.7. The fraction of sp³-hybridized carbons (Fsp3) is 0.364. The molecule has 1 aliphatic heterocycles. The molecule has 0 unspecified atom stereocenters. The number of fused-ring (bicyclic) bond motifs is 1. The number of sulfone groups is 1. The molecule has 0 aliphatic carbocycles. The number of aromatic nitrogens is 3. The number of nitrogens with two attached hydrogens (primary N) is 1. The minimum Gasteiger partial charge on any atom is -0.364 e. The van der Waals surface area contributed by atoms with Crippen LogP contribution < -0.4 is 10.6 Å². The molecule has 0 bridgehead atoms. The van der Waals surface area contributed by atoms with E-state index in [0.717, 1.165) is 11.6 Å². The summed E-state index contributed by atoms with van der Waals surface area (Å²) in [5.41, 5.74) is 7.99. The second kappa shape index (κ2) is 8.13. The number of rotatable bonds is 3. The largest absolute Gasteiger partial charge is 0.364 e. The zero-order valence-electron chi connectivity index (χ0n) is 18.1. The number of anilines is 1. The van der Waals surface area contributed by atoms with Crippen LogP contribution in [-0.4, -0.2) is 41.8 Å². The van der Waals surface area contributed by atoms with Crippen LogP contribution in [0.4, 0.5) is 10.1 Å². The van der Waals surface area contributed by atoms with Crippen molar-refractivity contribution in [2.75, 3.05) is 17.2 Å². The first kappa shape index (κ1) is 22.7. The van der Waals surface area contributed by atoms with Crippen LogP contribution in [0.5, 0.6) is 0 Å². The summed E-state index contributed by atoms with van der Waals surface area (Å²) in [6.07, 6.45) is 1.66. The van der Waals surface area contributed by atoms with E-state index in [9.17, 15) is 8.42 Å². The summed E-state index contributed by atoms with van der Waals surface area (Å²) in [5.74, 6) is -0.951. The first-order valence-corrected chi connectivity index (χ1v) is 12.2. The van der Waals surface area contributed by atoms with Gasteiger partial charge in [0.25, 0.3) is 0 Å². The minimum absolute atomic E-state index is 0.0724. The second-order valence-corrected chi connectivity index (χ2v) is 11.6. The van der Waals surface area contributed by atoms with Gasteiger partial charge in [0, 0.05) is 29.6 Å². The van der Waals surface area contributed by atoms with E-state index < -0.39 is 21.7 Å². The van der Waals surface area contributed by atoms with Gasteiger partial charge < -0.3 is 10.6 Å². The Hall–Kier alpha value is -2.49. The first-order chi connectivity index (χ1) is 14.9. The molecule has 170 valence electrons. The van der Waals surface area contributed by atoms with E-state index in [4.69, 9.17) is 17.3 Å². The van der Waals surface area contributed by atoms with E-state index >= 15 is 4.39 Å². The van der Waals surface area contributed by atoms with Gasteiger partial charge in [-0.25, -0.2) is 17.5 Å². The molecule has 2 N–H and O–H groups in total. The highest BCUT2D eigenvalue weighted by molar-refractivity contribution is 7.91. The molecule has 7 nitrogen and oxygen atoms in total. The van der Waals surface area contributed by atoms with Crippen LogP contribution in [-0.2, 0) is 21.8 Å². The van der Waals surface area contributed by atoms with Crippen LogP contribution in [0, 0.1) is 5.82 Å². The number of hydrogen-bond acceptors (Lipinski definition) is 6. The quantitative estimate of drug-likeness (QED) is 0.620. The third kappa shape index (κ3) is 4.51. The van der Waals surface area contributed by atoms with Gasteiger partial charge in [-0.3, -0.25) is 0 Å². The number of halogens is 2. The van der Waals surface area contributed by atoms with Crippen molar-refractivity contribution in [2.45, 2.75) is 43.7 Å². The maximum atomic E-state index is 15.1. The molecule has 0 radical (unpaired) electrons. The molecule has 1 aromatic heterocycles. The van der Waals surface area contributed by atoms with Crippen molar-refractivity contribution < 1.29 is 12.8 Å². The molecule has 0 saturated carbocycles. The lowest BCUT2D eigenvalue weighted by Crippen LogP contribution is -2.39. The Morgan fingerprint density at radius 3 is 2.50 bits per heavy atom. The van der Waals surface area contributed by atoms with Gasteiger partial charge in [0.05, 0.1) is 28.2 Å². The van der Waals surface area contributed by atoms with E-state index in [-0.39, 0.29) is 21.8 Å². The topological polar surface area (TPSA) is 94.1 Å². The molecule has 2 heterocycles. The number of benzene rings is 2. The first-order valence-electron chi connectivity index (χ1n) is 10.2. The molecule has 2 aromatic carbocycles. The average Bonchev–Trinajstić information content (AvgIpc) is 3.16. The fourth-order valence-electron chi connectivity index (χ4n) is 3.70. The number of nitrogens with zero attached hydrogens (tertiary/aromatic N) is 4. The molecular weight excluding hydrogens is 453 g/mol. The second-order valence-electron chi connectivity index (χ2n) is 9.12. The highest BCUT2D eigenvalue weighted by atomic mass is 35.5. The summed E-state index contributed by atoms with van der Waals surface area (Å²) < 4.78 is 42.4. The van der Waals surface area contributed by atoms with Crippen molar-refractivity contribution in [1.82, 2.24) is 15.0 Å². The summed E-state index contributed by atoms with van der Waals surface area (Å²) in [6, 6.07) is 9.22. The van der Waals surface area contributed by atoms with Gasteiger partial charge >= 0.3 is 0 Å². The normalized spacial score (nSPS) is 18.3. The smallest absolute Gasteiger partial charge is 0.182 e. The van der Waals surface area contributed by atoms with E-state index in [1.54, 1.807) is 18.3 Å². The Balaban J connectivity index is 1.84. The lowest BCUT2D eigenvalue weighted by molar-refractivity contribution is 0.566. The SMILES string of the molecule is CC(C)(C)c1cn(-c2cc3c(cc2F)S(=O)(=O)C[C@H](N)CN3Cc2ccc(Cl)cc2)nn1. The van der Waals surface area contributed by atoms with Crippen molar-refractivity contribution >= 4 is 27.1 Å². The van der Waals surface area contributed by atoms with Gasteiger partial charge in [0.2, 0.25) is 0 Å². The molecule has 0 fully saturated rings. The third-order valence-corrected chi connectivity index (χ3v) is 7.50. The van der Waals surface area contributed by atoms with Crippen LogP contribution in [0.3, 0.4) is 0 Å². The van der Waals surface area contributed by atoms with E-state index in [0.29, 0.717) is 29.5 Å². The third-order valence-electron chi connectivity index (χ3n) is 5.39.